The number of aromatic nitrogens is 1. The third-order valence-corrected chi connectivity index (χ3v) is 3.40. The third kappa shape index (κ3) is 3.44. The van der Waals surface area contributed by atoms with Crippen molar-refractivity contribution in [2.75, 3.05) is 11.9 Å². The standard InChI is InChI=1S/C16H17N3OS/c1-10-6-11(2)8-13(7-10)19(3)16(20)14-5-4-12(9-18-14)15(17)21/h4-9H,1-3H3,(H2,17,21). The van der Waals surface area contributed by atoms with Crippen LogP contribution in [0.5, 0.6) is 0 Å². The number of carbonyl (C=O) groups excluding carboxylic acids is 1. The van der Waals surface area contributed by atoms with Crippen molar-refractivity contribution >= 4 is 28.8 Å². The second-order valence-electron chi connectivity index (χ2n) is 5.01. The molecule has 1 heterocycles. The predicted octanol–water partition coefficient (Wildman–Crippen LogP) is 2.61. The van der Waals surface area contributed by atoms with Gasteiger partial charge in [-0.2, -0.15) is 0 Å². The second-order valence-corrected chi connectivity index (χ2v) is 5.45. The summed E-state index contributed by atoms with van der Waals surface area (Å²) in [6.07, 6.45) is 1.52. The summed E-state index contributed by atoms with van der Waals surface area (Å²) >= 11 is 4.87. The zero-order valence-corrected chi connectivity index (χ0v) is 13.1. The molecule has 1 aromatic heterocycles. The molecule has 0 aliphatic carbocycles. The second kappa shape index (κ2) is 6.01. The minimum Gasteiger partial charge on any atom is -0.389 e. The summed E-state index contributed by atoms with van der Waals surface area (Å²) in [4.78, 5) is 18.4. The largest absolute Gasteiger partial charge is 0.389 e. The van der Waals surface area contributed by atoms with Gasteiger partial charge in [-0.3, -0.25) is 9.78 Å². The monoisotopic (exact) mass is 299 g/mol. The number of nitrogens with zero attached hydrogens (tertiary/aromatic N) is 2. The number of amides is 1. The summed E-state index contributed by atoms with van der Waals surface area (Å²) in [5.74, 6) is -0.172. The first-order chi connectivity index (χ1) is 9.88. The molecule has 108 valence electrons. The van der Waals surface area contributed by atoms with Gasteiger partial charge in [0.15, 0.2) is 0 Å². The number of anilines is 1. The van der Waals surface area contributed by atoms with E-state index in [4.69, 9.17) is 18.0 Å². The van der Waals surface area contributed by atoms with Gasteiger partial charge < -0.3 is 10.6 Å². The molecule has 2 N–H and O–H groups in total. The lowest BCUT2D eigenvalue weighted by molar-refractivity contribution is 0.0988. The lowest BCUT2D eigenvalue weighted by atomic mass is 10.1. The molecule has 2 aromatic rings. The van der Waals surface area contributed by atoms with E-state index in [0.717, 1.165) is 16.8 Å². The van der Waals surface area contributed by atoms with Crippen LogP contribution in [0.4, 0.5) is 5.69 Å². The Bertz CT molecular complexity index is 675. The number of rotatable bonds is 3. The molecule has 2 rings (SSSR count). The molecule has 0 atom stereocenters. The zero-order chi connectivity index (χ0) is 15.6. The summed E-state index contributed by atoms with van der Waals surface area (Å²) in [5, 5.41) is 0. The molecule has 0 saturated carbocycles. The topological polar surface area (TPSA) is 59.2 Å². The van der Waals surface area contributed by atoms with E-state index in [1.165, 1.54) is 6.20 Å². The van der Waals surface area contributed by atoms with E-state index in [9.17, 15) is 4.79 Å². The highest BCUT2D eigenvalue weighted by Gasteiger charge is 2.15. The van der Waals surface area contributed by atoms with Crippen molar-refractivity contribution in [3.8, 4) is 0 Å². The molecule has 0 aliphatic heterocycles. The van der Waals surface area contributed by atoms with Gasteiger partial charge in [0.2, 0.25) is 0 Å². The van der Waals surface area contributed by atoms with Crippen LogP contribution in [0.25, 0.3) is 0 Å². The number of pyridine rings is 1. The van der Waals surface area contributed by atoms with E-state index in [1.54, 1.807) is 24.1 Å². The summed E-state index contributed by atoms with van der Waals surface area (Å²) in [5.41, 5.74) is 9.60. The van der Waals surface area contributed by atoms with Crippen LogP contribution in [0.3, 0.4) is 0 Å². The van der Waals surface area contributed by atoms with E-state index in [1.807, 2.05) is 26.0 Å². The minimum atomic E-state index is -0.172. The van der Waals surface area contributed by atoms with Crippen LogP contribution < -0.4 is 10.6 Å². The number of nitrogens with two attached hydrogens (primary N) is 1. The van der Waals surface area contributed by atoms with Crippen LogP contribution in [-0.4, -0.2) is 22.9 Å². The number of carbonyl (C=O) groups is 1. The van der Waals surface area contributed by atoms with E-state index in [0.29, 0.717) is 11.3 Å². The van der Waals surface area contributed by atoms with Gasteiger partial charge in [0.05, 0.1) is 0 Å². The first-order valence-electron chi connectivity index (χ1n) is 6.50. The van der Waals surface area contributed by atoms with Crippen molar-refractivity contribution in [3.63, 3.8) is 0 Å². The van der Waals surface area contributed by atoms with Gasteiger partial charge >= 0.3 is 0 Å². The maximum atomic E-state index is 12.4. The highest BCUT2D eigenvalue weighted by Crippen LogP contribution is 2.19. The normalized spacial score (nSPS) is 10.2. The van der Waals surface area contributed by atoms with Crippen LogP contribution in [0, 0.1) is 13.8 Å². The van der Waals surface area contributed by atoms with Crippen molar-refractivity contribution in [2.24, 2.45) is 5.73 Å². The van der Waals surface area contributed by atoms with E-state index >= 15 is 0 Å². The minimum absolute atomic E-state index is 0.172. The number of thiocarbonyl (C=S) groups is 1. The quantitative estimate of drug-likeness (QED) is 0.885. The summed E-state index contributed by atoms with van der Waals surface area (Å²) in [7, 11) is 1.74. The van der Waals surface area contributed by atoms with Crippen LogP contribution in [0.1, 0.15) is 27.2 Å². The SMILES string of the molecule is Cc1cc(C)cc(N(C)C(=O)c2ccc(C(N)=S)cn2)c1. The molecule has 21 heavy (non-hydrogen) atoms. The van der Waals surface area contributed by atoms with Crippen LogP contribution in [0.15, 0.2) is 36.5 Å². The first-order valence-corrected chi connectivity index (χ1v) is 6.91. The molecule has 0 unspecified atom stereocenters. The Labute approximate surface area is 129 Å². The van der Waals surface area contributed by atoms with Crippen molar-refractivity contribution in [1.29, 1.82) is 0 Å². The fraction of sp³-hybridized carbons (Fsp3) is 0.188. The number of hydrogen-bond donors (Lipinski definition) is 1. The van der Waals surface area contributed by atoms with Crippen LogP contribution >= 0.6 is 12.2 Å². The Balaban J connectivity index is 2.28. The van der Waals surface area contributed by atoms with Gasteiger partial charge in [-0.05, 0) is 49.2 Å². The summed E-state index contributed by atoms with van der Waals surface area (Å²) in [6.45, 7) is 4.01. The maximum Gasteiger partial charge on any atom is 0.276 e. The Morgan fingerprint density at radius 3 is 2.29 bits per heavy atom. The molecule has 0 fully saturated rings. The van der Waals surface area contributed by atoms with Crippen molar-refractivity contribution < 1.29 is 4.79 Å². The van der Waals surface area contributed by atoms with E-state index in [2.05, 4.69) is 11.1 Å². The smallest absolute Gasteiger partial charge is 0.276 e. The Morgan fingerprint density at radius 2 is 1.81 bits per heavy atom. The highest BCUT2D eigenvalue weighted by atomic mass is 32.1. The number of aryl methyl sites for hydroxylation is 2. The van der Waals surface area contributed by atoms with E-state index < -0.39 is 0 Å². The fourth-order valence-electron chi connectivity index (χ4n) is 2.10. The number of benzene rings is 1. The molecule has 0 saturated heterocycles. The average Bonchev–Trinajstić information content (AvgIpc) is 2.44. The van der Waals surface area contributed by atoms with Gasteiger partial charge in [-0.15, -0.1) is 0 Å². The summed E-state index contributed by atoms with van der Waals surface area (Å²) in [6, 6.07) is 9.34. The molecule has 0 aliphatic rings. The Kier molecular flexibility index (Phi) is 4.33. The highest BCUT2D eigenvalue weighted by molar-refractivity contribution is 7.80. The first kappa shape index (κ1) is 15.1. The fourth-order valence-corrected chi connectivity index (χ4v) is 2.22. The Hall–Kier alpha value is -2.27. The molecule has 5 heteroatoms. The van der Waals surface area contributed by atoms with Crippen LogP contribution in [-0.2, 0) is 0 Å². The predicted molar refractivity (Wildman–Crippen MR) is 88.8 cm³/mol. The zero-order valence-electron chi connectivity index (χ0n) is 12.3. The third-order valence-electron chi connectivity index (χ3n) is 3.17. The average molecular weight is 299 g/mol. The molecule has 0 bridgehead atoms. The van der Waals surface area contributed by atoms with Gasteiger partial charge in [-0.1, -0.05) is 18.3 Å². The van der Waals surface area contributed by atoms with Gasteiger partial charge in [0.25, 0.3) is 5.91 Å². The molecule has 0 radical (unpaired) electrons. The molecule has 4 nitrogen and oxygen atoms in total. The molecular formula is C16H17N3OS. The van der Waals surface area contributed by atoms with Crippen molar-refractivity contribution in [3.05, 3.63) is 58.9 Å². The van der Waals surface area contributed by atoms with Gasteiger partial charge in [0, 0.05) is 24.5 Å². The molecule has 0 spiro atoms. The van der Waals surface area contributed by atoms with E-state index in [-0.39, 0.29) is 10.9 Å². The Morgan fingerprint density at radius 1 is 1.19 bits per heavy atom. The van der Waals surface area contributed by atoms with Gasteiger partial charge in [-0.25, -0.2) is 0 Å². The molecule has 1 aromatic carbocycles. The molecule has 1 amide bonds. The van der Waals surface area contributed by atoms with Gasteiger partial charge in [0.1, 0.15) is 10.7 Å². The van der Waals surface area contributed by atoms with Crippen molar-refractivity contribution in [1.82, 2.24) is 4.98 Å². The number of hydrogen-bond acceptors (Lipinski definition) is 3. The summed E-state index contributed by atoms with van der Waals surface area (Å²) < 4.78 is 0. The maximum absolute atomic E-state index is 12.4. The van der Waals surface area contributed by atoms with Crippen molar-refractivity contribution in [2.45, 2.75) is 13.8 Å². The van der Waals surface area contributed by atoms with Crippen LogP contribution in [0.2, 0.25) is 0 Å². The lowest BCUT2D eigenvalue weighted by Crippen LogP contribution is -2.27. The lowest BCUT2D eigenvalue weighted by Gasteiger charge is -2.18. The molecular weight excluding hydrogens is 282 g/mol.